The lowest BCUT2D eigenvalue weighted by molar-refractivity contribution is -0.135. The molecule has 5 unspecified atom stereocenters. The van der Waals surface area contributed by atoms with Gasteiger partial charge in [0.05, 0.1) is 25.4 Å². The molecule has 112 valence electrons. The average molecular weight is 335 g/mol. The summed E-state index contributed by atoms with van der Waals surface area (Å²) in [6, 6.07) is 0. The van der Waals surface area contributed by atoms with Crippen LogP contribution in [0.4, 0.5) is 0 Å². The molecule has 0 bridgehead atoms. The Labute approximate surface area is 125 Å². The van der Waals surface area contributed by atoms with Crippen LogP contribution in [0.3, 0.4) is 0 Å². The maximum atomic E-state index is 6.08. The van der Waals surface area contributed by atoms with Crippen molar-refractivity contribution in [1.82, 2.24) is 0 Å². The third kappa shape index (κ3) is 4.69. The van der Waals surface area contributed by atoms with Gasteiger partial charge in [-0.25, -0.2) is 0 Å². The van der Waals surface area contributed by atoms with E-state index in [1.54, 1.807) is 7.11 Å². The Hall–Kier alpha value is 0.360. The largest absolute Gasteiger partial charge is 0.382 e. The van der Waals surface area contributed by atoms with Crippen LogP contribution in [0.2, 0.25) is 0 Å². The van der Waals surface area contributed by atoms with Crippen LogP contribution in [-0.2, 0) is 14.2 Å². The van der Waals surface area contributed by atoms with Gasteiger partial charge in [0.1, 0.15) is 0 Å². The maximum Gasteiger partial charge on any atom is 0.0963 e. The van der Waals surface area contributed by atoms with Gasteiger partial charge in [0.2, 0.25) is 0 Å². The summed E-state index contributed by atoms with van der Waals surface area (Å²) < 4.78 is 16.9. The lowest BCUT2D eigenvalue weighted by Gasteiger charge is -2.41. The highest BCUT2D eigenvalue weighted by Crippen LogP contribution is 2.35. The zero-order valence-electron chi connectivity index (χ0n) is 12.1. The molecule has 2 fully saturated rings. The van der Waals surface area contributed by atoms with Gasteiger partial charge in [-0.05, 0) is 31.1 Å². The van der Waals surface area contributed by atoms with Crippen LogP contribution in [0, 0.1) is 11.8 Å². The van der Waals surface area contributed by atoms with E-state index in [1.807, 2.05) is 0 Å². The highest BCUT2D eigenvalue weighted by atomic mass is 79.9. The SMILES string of the molecule is COCCOC1C(Br)CC1OCC1CCCC(C)C1. The van der Waals surface area contributed by atoms with E-state index < -0.39 is 0 Å². The molecular formula is C15H27BrO3. The van der Waals surface area contributed by atoms with Crippen molar-refractivity contribution in [3.63, 3.8) is 0 Å². The number of alkyl halides is 1. The molecular weight excluding hydrogens is 308 g/mol. The van der Waals surface area contributed by atoms with Gasteiger partial charge in [0, 0.05) is 18.5 Å². The van der Waals surface area contributed by atoms with E-state index in [1.165, 1.54) is 25.7 Å². The van der Waals surface area contributed by atoms with E-state index >= 15 is 0 Å². The fourth-order valence-electron chi connectivity index (χ4n) is 3.14. The van der Waals surface area contributed by atoms with Crippen LogP contribution in [0.1, 0.15) is 39.0 Å². The first-order chi connectivity index (χ1) is 9.20. The predicted molar refractivity (Wildman–Crippen MR) is 79.8 cm³/mol. The molecule has 0 heterocycles. The minimum atomic E-state index is 0.205. The van der Waals surface area contributed by atoms with Crippen LogP contribution >= 0.6 is 15.9 Å². The molecule has 2 saturated carbocycles. The second-order valence-electron chi connectivity index (χ2n) is 6.09. The molecule has 4 heteroatoms. The number of methoxy groups -OCH3 is 1. The average Bonchev–Trinajstić information content (AvgIpc) is 2.39. The standard InChI is InChI=1S/C15H27BrO3/c1-11-4-3-5-12(8-11)10-19-14-9-13(16)15(14)18-7-6-17-2/h11-15H,3-10H2,1-2H3. The summed E-state index contributed by atoms with van der Waals surface area (Å²) in [6.45, 7) is 4.59. The topological polar surface area (TPSA) is 27.7 Å². The molecule has 0 aliphatic heterocycles. The fraction of sp³-hybridized carbons (Fsp3) is 1.00. The summed E-state index contributed by atoms with van der Waals surface area (Å²) in [5.41, 5.74) is 0. The second kappa shape index (κ2) is 7.96. The van der Waals surface area contributed by atoms with Crippen molar-refractivity contribution in [2.45, 2.75) is 56.1 Å². The highest BCUT2D eigenvalue weighted by Gasteiger charge is 2.41. The Bertz CT molecular complexity index is 262. The molecule has 0 spiro atoms. The quantitative estimate of drug-likeness (QED) is 0.527. The first-order valence-corrected chi connectivity index (χ1v) is 8.48. The molecule has 19 heavy (non-hydrogen) atoms. The van der Waals surface area contributed by atoms with E-state index in [0.717, 1.165) is 24.9 Å². The first kappa shape index (κ1) is 15.7. The van der Waals surface area contributed by atoms with Crippen molar-refractivity contribution < 1.29 is 14.2 Å². The molecule has 0 aromatic carbocycles. The Balaban J connectivity index is 1.64. The van der Waals surface area contributed by atoms with Gasteiger partial charge in [-0.3, -0.25) is 0 Å². The van der Waals surface area contributed by atoms with Crippen molar-refractivity contribution in [3.05, 3.63) is 0 Å². The molecule has 0 aromatic heterocycles. The maximum absolute atomic E-state index is 6.08. The zero-order chi connectivity index (χ0) is 13.7. The van der Waals surface area contributed by atoms with E-state index in [9.17, 15) is 0 Å². The normalized spacial score (nSPS) is 39.0. The Kier molecular flexibility index (Phi) is 6.60. The first-order valence-electron chi connectivity index (χ1n) is 7.57. The Morgan fingerprint density at radius 1 is 1.11 bits per heavy atom. The Morgan fingerprint density at radius 2 is 1.95 bits per heavy atom. The van der Waals surface area contributed by atoms with Gasteiger partial charge in [0.15, 0.2) is 0 Å². The summed E-state index contributed by atoms with van der Waals surface area (Å²) in [6.07, 6.45) is 6.99. The summed E-state index contributed by atoms with van der Waals surface area (Å²) in [7, 11) is 1.70. The molecule has 0 N–H and O–H groups in total. The number of hydrogen-bond acceptors (Lipinski definition) is 3. The molecule has 0 amide bonds. The minimum absolute atomic E-state index is 0.205. The summed E-state index contributed by atoms with van der Waals surface area (Å²) in [4.78, 5) is 0.444. The van der Waals surface area contributed by atoms with Crippen LogP contribution in [0.25, 0.3) is 0 Å². The number of rotatable bonds is 7. The molecule has 2 aliphatic rings. The minimum Gasteiger partial charge on any atom is -0.382 e. The third-order valence-electron chi connectivity index (χ3n) is 4.37. The van der Waals surface area contributed by atoms with Gasteiger partial charge in [0.25, 0.3) is 0 Å². The number of hydrogen-bond donors (Lipinski definition) is 0. The van der Waals surface area contributed by atoms with E-state index in [2.05, 4.69) is 22.9 Å². The van der Waals surface area contributed by atoms with Gasteiger partial charge in [-0.2, -0.15) is 0 Å². The lowest BCUT2D eigenvalue weighted by Crippen LogP contribution is -2.51. The third-order valence-corrected chi connectivity index (χ3v) is 5.26. The van der Waals surface area contributed by atoms with E-state index in [-0.39, 0.29) is 12.2 Å². The van der Waals surface area contributed by atoms with Crippen molar-refractivity contribution in [2.24, 2.45) is 11.8 Å². The monoisotopic (exact) mass is 334 g/mol. The summed E-state index contributed by atoms with van der Waals surface area (Å²) >= 11 is 3.65. The van der Waals surface area contributed by atoms with E-state index in [0.29, 0.717) is 18.0 Å². The zero-order valence-corrected chi connectivity index (χ0v) is 13.7. The summed E-state index contributed by atoms with van der Waals surface area (Å²) in [5.74, 6) is 1.64. The Morgan fingerprint density at radius 3 is 2.63 bits per heavy atom. The molecule has 0 saturated heterocycles. The smallest absolute Gasteiger partial charge is 0.0963 e. The van der Waals surface area contributed by atoms with Crippen LogP contribution in [0.5, 0.6) is 0 Å². The van der Waals surface area contributed by atoms with Crippen LogP contribution in [-0.4, -0.2) is 44.0 Å². The van der Waals surface area contributed by atoms with Gasteiger partial charge in [-0.1, -0.05) is 35.7 Å². The molecule has 2 aliphatic carbocycles. The highest BCUT2D eigenvalue weighted by molar-refractivity contribution is 9.09. The van der Waals surface area contributed by atoms with Crippen LogP contribution < -0.4 is 0 Å². The molecule has 5 atom stereocenters. The number of ether oxygens (including phenoxy) is 3. The van der Waals surface area contributed by atoms with Crippen molar-refractivity contribution in [1.29, 1.82) is 0 Å². The van der Waals surface area contributed by atoms with Gasteiger partial charge >= 0.3 is 0 Å². The fourth-order valence-corrected chi connectivity index (χ4v) is 4.00. The molecule has 0 aromatic rings. The molecule has 3 nitrogen and oxygen atoms in total. The second-order valence-corrected chi connectivity index (χ2v) is 7.27. The summed E-state index contributed by atoms with van der Waals surface area (Å²) in [5, 5.41) is 0. The molecule has 0 radical (unpaired) electrons. The van der Waals surface area contributed by atoms with Gasteiger partial charge in [-0.15, -0.1) is 0 Å². The van der Waals surface area contributed by atoms with Crippen molar-refractivity contribution >= 4 is 15.9 Å². The van der Waals surface area contributed by atoms with Crippen molar-refractivity contribution in [3.8, 4) is 0 Å². The van der Waals surface area contributed by atoms with Crippen molar-refractivity contribution in [2.75, 3.05) is 26.9 Å². The molecule has 2 rings (SSSR count). The van der Waals surface area contributed by atoms with E-state index in [4.69, 9.17) is 14.2 Å². The number of halogens is 1. The lowest BCUT2D eigenvalue weighted by atomic mass is 9.83. The predicted octanol–water partition coefficient (Wildman–Crippen LogP) is 3.40. The van der Waals surface area contributed by atoms with Crippen LogP contribution in [0.15, 0.2) is 0 Å². The van der Waals surface area contributed by atoms with Gasteiger partial charge < -0.3 is 14.2 Å².